The van der Waals surface area contributed by atoms with Gasteiger partial charge < -0.3 is 9.47 Å². The Hall–Kier alpha value is -1.66. The quantitative estimate of drug-likeness (QED) is 0.797. The predicted molar refractivity (Wildman–Crippen MR) is 67.3 cm³/mol. The minimum Gasteiger partial charge on any atom is -0.341 e. The van der Waals surface area contributed by atoms with E-state index in [1.807, 2.05) is 0 Å². The van der Waals surface area contributed by atoms with Crippen molar-refractivity contribution < 1.29 is 27.4 Å². The van der Waals surface area contributed by atoms with E-state index < -0.39 is 29.7 Å². The second-order valence-electron chi connectivity index (χ2n) is 5.38. The van der Waals surface area contributed by atoms with Crippen molar-refractivity contribution in [1.29, 1.82) is 0 Å². The molecule has 1 aliphatic heterocycles. The molecule has 0 spiro atoms. The van der Waals surface area contributed by atoms with Crippen LogP contribution in [0.1, 0.15) is 30.8 Å². The maximum Gasteiger partial charge on any atom is 0.416 e. The first-order valence-electron chi connectivity index (χ1n) is 6.50. The summed E-state index contributed by atoms with van der Waals surface area (Å²) in [5.74, 6) is -0.0471. The van der Waals surface area contributed by atoms with Crippen LogP contribution in [-0.4, -0.2) is 17.5 Å². The van der Waals surface area contributed by atoms with Crippen LogP contribution >= 0.6 is 0 Å². The molecule has 21 heavy (non-hydrogen) atoms. The van der Waals surface area contributed by atoms with Crippen LogP contribution < -0.4 is 0 Å². The molecule has 112 valence electrons. The van der Waals surface area contributed by atoms with E-state index in [9.17, 15) is 18.0 Å². The fraction of sp³-hybridized carbons (Fsp3) is 0.400. The number of allylic oxidation sites excluding steroid dienone is 1. The summed E-state index contributed by atoms with van der Waals surface area (Å²) < 4.78 is 49.0. The van der Waals surface area contributed by atoms with Gasteiger partial charge in [-0.15, -0.1) is 0 Å². The summed E-state index contributed by atoms with van der Waals surface area (Å²) in [5.41, 5.74) is -0.941. The highest BCUT2D eigenvalue weighted by atomic mass is 19.4. The molecule has 1 aliphatic carbocycles. The smallest absolute Gasteiger partial charge is 0.341 e. The van der Waals surface area contributed by atoms with Crippen LogP contribution in [0.4, 0.5) is 13.2 Å². The first-order chi connectivity index (χ1) is 9.78. The Morgan fingerprint density at radius 2 is 1.90 bits per heavy atom. The van der Waals surface area contributed by atoms with Gasteiger partial charge in [0.05, 0.1) is 5.56 Å². The molecule has 1 aromatic carbocycles. The number of ketones is 1. The molecule has 6 heteroatoms. The number of fused-ring (bicyclic) bond motifs is 1. The van der Waals surface area contributed by atoms with E-state index in [0.29, 0.717) is 5.56 Å². The van der Waals surface area contributed by atoms with Crippen LogP contribution in [0.3, 0.4) is 0 Å². The standard InChI is InChI=1S/C15H13F3O3/c1-14-7-6-11(19)8-12(14)20-13(21-14)9-2-4-10(5-3-9)15(16,17)18/h2-7,12-13H,8H2,1H3/t12-,13+,14+/m1/s1. The normalized spacial score (nSPS) is 32.3. The van der Waals surface area contributed by atoms with Gasteiger partial charge in [-0.3, -0.25) is 4.79 Å². The molecule has 0 bridgehead atoms. The van der Waals surface area contributed by atoms with Gasteiger partial charge in [0.1, 0.15) is 11.7 Å². The molecule has 3 atom stereocenters. The van der Waals surface area contributed by atoms with Crippen LogP contribution in [0.5, 0.6) is 0 Å². The van der Waals surface area contributed by atoms with E-state index in [4.69, 9.17) is 9.47 Å². The number of hydrogen-bond acceptors (Lipinski definition) is 3. The topological polar surface area (TPSA) is 35.5 Å². The van der Waals surface area contributed by atoms with Crippen LogP contribution in [-0.2, 0) is 20.4 Å². The van der Waals surface area contributed by atoms with Crippen molar-refractivity contribution in [2.24, 2.45) is 0 Å². The van der Waals surface area contributed by atoms with E-state index >= 15 is 0 Å². The number of carbonyl (C=O) groups is 1. The molecular formula is C15H13F3O3. The Labute approximate surface area is 119 Å². The van der Waals surface area contributed by atoms with Crippen molar-refractivity contribution >= 4 is 5.78 Å². The van der Waals surface area contributed by atoms with Crippen LogP contribution in [0, 0.1) is 0 Å². The lowest BCUT2D eigenvalue weighted by atomic mass is 9.89. The highest BCUT2D eigenvalue weighted by Crippen LogP contribution is 2.42. The fourth-order valence-electron chi connectivity index (χ4n) is 2.50. The van der Waals surface area contributed by atoms with Crippen LogP contribution in [0.2, 0.25) is 0 Å². The van der Waals surface area contributed by atoms with Gasteiger partial charge in [-0.2, -0.15) is 13.2 Å². The molecule has 1 saturated heterocycles. The minimum absolute atomic E-state index is 0.0471. The first kappa shape index (κ1) is 14.3. The lowest BCUT2D eigenvalue weighted by Crippen LogP contribution is -2.38. The molecule has 1 fully saturated rings. The fourth-order valence-corrected chi connectivity index (χ4v) is 2.50. The van der Waals surface area contributed by atoms with Gasteiger partial charge >= 0.3 is 6.18 Å². The summed E-state index contributed by atoms with van der Waals surface area (Å²) in [6, 6.07) is 4.65. The molecule has 0 amide bonds. The number of alkyl halides is 3. The first-order valence-corrected chi connectivity index (χ1v) is 6.50. The summed E-state index contributed by atoms with van der Waals surface area (Å²) in [7, 11) is 0. The lowest BCUT2D eigenvalue weighted by molar-refractivity contribution is -0.137. The van der Waals surface area contributed by atoms with E-state index in [-0.39, 0.29) is 12.2 Å². The molecule has 0 radical (unpaired) electrons. The van der Waals surface area contributed by atoms with Gasteiger partial charge in [-0.05, 0) is 31.2 Å². The number of carbonyl (C=O) groups excluding carboxylic acids is 1. The Balaban J connectivity index is 1.81. The summed E-state index contributed by atoms with van der Waals surface area (Å²) in [6.45, 7) is 1.80. The van der Waals surface area contributed by atoms with Gasteiger partial charge in [-0.1, -0.05) is 12.1 Å². The number of rotatable bonds is 1. The van der Waals surface area contributed by atoms with Crippen molar-refractivity contribution in [3.8, 4) is 0 Å². The number of hydrogen-bond donors (Lipinski definition) is 0. The average Bonchev–Trinajstić information content (AvgIpc) is 2.75. The molecule has 0 N–H and O–H groups in total. The van der Waals surface area contributed by atoms with E-state index in [2.05, 4.69) is 0 Å². The Morgan fingerprint density at radius 1 is 1.24 bits per heavy atom. The van der Waals surface area contributed by atoms with Gasteiger partial charge in [0.2, 0.25) is 0 Å². The van der Waals surface area contributed by atoms with E-state index in [1.54, 1.807) is 13.0 Å². The van der Waals surface area contributed by atoms with E-state index in [0.717, 1.165) is 12.1 Å². The van der Waals surface area contributed by atoms with Crippen molar-refractivity contribution in [2.75, 3.05) is 0 Å². The zero-order valence-electron chi connectivity index (χ0n) is 11.2. The third-order valence-corrected chi connectivity index (χ3v) is 3.79. The summed E-state index contributed by atoms with van der Waals surface area (Å²) >= 11 is 0. The number of halogens is 3. The van der Waals surface area contributed by atoms with E-state index in [1.165, 1.54) is 18.2 Å². The second kappa shape index (κ2) is 4.68. The summed E-state index contributed by atoms with van der Waals surface area (Å²) in [4.78, 5) is 11.4. The predicted octanol–water partition coefficient (Wildman–Crippen LogP) is 3.41. The Kier molecular flexibility index (Phi) is 3.18. The maximum atomic E-state index is 12.5. The summed E-state index contributed by atoms with van der Waals surface area (Å²) in [5, 5.41) is 0. The largest absolute Gasteiger partial charge is 0.416 e. The number of benzene rings is 1. The Morgan fingerprint density at radius 3 is 2.52 bits per heavy atom. The summed E-state index contributed by atoms with van der Waals surface area (Å²) in [6.07, 6.45) is -2.24. The molecule has 3 rings (SSSR count). The van der Waals surface area contributed by atoms with Gasteiger partial charge in [0, 0.05) is 12.0 Å². The average molecular weight is 298 g/mol. The molecule has 3 nitrogen and oxygen atoms in total. The number of ether oxygens (including phenoxy) is 2. The van der Waals surface area contributed by atoms with Gasteiger partial charge in [0.25, 0.3) is 0 Å². The molecule has 2 aliphatic rings. The molecular weight excluding hydrogens is 285 g/mol. The third-order valence-electron chi connectivity index (χ3n) is 3.79. The van der Waals surface area contributed by atoms with Crippen LogP contribution in [0.25, 0.3) is 0 Å². The van der Waals surface area contributed by atoms with Crippen molar-refractivity contribution in [1.82, 2.24) is 0 Å². The SMILES string of the molecule is C[C@]12C=CC(=O)C[C@H]1O[C@H](c1ccc(C(F)(F)F)cc1)O2. The third kappa shape index (κ3) is 2.61. The molecule has 0 unspecified atom stereocenters. The highest BCUT2D eigenvalue weighted by molar-refractivity contribution is 5.91. The minimum atomic E-state index is -4.37. The molecule has 1 aromatic rings. The zero-order chi connectivity index (χ0) is 15.3. The van der Waals surface area contributed by atoms with Crippen molar-refractivity contribution in [2.45, 2.75) is 37.5 Å². The van der Waals surface area contributed by atoms with Crippen LogP contribution in [0.15, 0.2) is 36.4 Å². The lowest BCUT2D eigenvalue weighted by Gasteiger charge is -2.27. The maximum absolute atomic E-state index is 12.5. The zero-order valence-corrected chi connectivity index (χ0v) is 11.2. The highest BCUT2D eigenvalue weighted by Gasteiger charge is 2.47. The Bertz CT molecular complexity index is 591. The second-order valence-corrected chi connectivity index (χ2v) is 5.38. The van der Waals surface area contributed by atoms with Crippen molar-refractivity contribution in [3.05, 3.63) is 47.5 Å². The monoisotopic (exact) mass is 298 g/mol. The molecule has 0 saturated carbocycles. The van der Waals surface area contributed by atoms with Crippen molar-refractivity contribution in [3.63, 3.8) is 0 Å². The molecule has 1 heterocycles. The molecule has 0 aromatic heterocycles. The van der Waals surface area contributed by atoms with Gasteiger partial charge in [0.15, 0.2) is 12.1 Å². The van der Waals surface area contributed by atoms with Gasteiger partial charge in [-0.25, -0.2) is 0 Å².